The summed E-state index contributed by atoms with van der Waals surface area (Å²) in [5.41, 5.74) is 3.82. The van der Waals surface area contributed by atoms with Crippen molar-refractivity contribution >= 4 is 27.3 Å². The maximum atomic E-state index is 13.7. The Morgan fingerprint density at radius 3 is 2.00 bits per heavy atom. The first-order valence-electron chi connectivity index (χ1n) is 10.3. The molecular weight excluding hydrogens is 440 g/mol. The Balaban J connectivity index is 2.02. The number of nitrogens with zero attached hydrogens (tertiary/aromatic N) is 1. The Hall–Kier alpha value is -3.52. The van der Waals surface area contributed by atoms with Crippen LogP contribution in [0.25, 0.3) is 0 Å². The van der Waals surface area contributed by atoms with Gasteiger partial charge in [-0.1, -0.05) is 23.8 Å². The molecule has 1 amide bonds. The average Bonchev–Trinajstić information content (AvgIpc) is 2.77. The highest BCUT2D eigenvalue weighted by atomic mass is 32.2. The summed E-state index contributed by atoms with van der Waals surface area (Å²) >= 11 is 0. The van der Waals surface area contributed by atoms with Gasteiger partial charge in [-0.2, -0.15) is 0 Å². The summed E-state index contributed by atoms with van der Waals surface area (Å²) < 4.78 is 39.0. The fraction of sp³-hybridized carbons (Fsp3) is 0.240. The number of sulfonamides is 1. The average molecular weight is 469 g/mol. The van der Waals surface area contributed by atoms with E-state index in [2.05, 4.69) is 5.32 Å². The number of aryl methyl sites for hydroxylation is 3. The number of ether oxygens (including phenoxy) is 2. The van der Waals surface area contributed by atoms with E-state index in [1.807, 2.05) is 39.0 Å². The summed E-state index contributed by atoms with van der Waals surface area (Å²) in [4.78, 5) is 12.9. The summed E-state index contributed by atoms with van der Waals surface area (Å²) in [6.45, 7) is 5.31. The number of hydrogen-bond donors (Lipinski definition) is 1. The molecule has 0 aliphatic carbocycles. The summed E-state index contributed by atoms with van der Waals surface area (Å²) in [5.74, 6) is 0.233. The van der Waals surface area contributed by atoms with Crippen LogP contribution < -0.4 is 19.1 Å². The molecule has 0 atom stereocenters. The van der Waals surface area contributed by atoms with Gasteiger partial charge in [0.25, 0.3) is 10.0 Å². The van der Waals surface area contributed by atoms with Crippen molar-refractivity contribution in [2.75, 3.05) is 30.4 Å². The molecule has 0 aliphatic rings. The van der Waals surface area contributed by atoms with Crippen molar-refractivity contribution in [1.82, 2.24) is 0 Å². The van der Waals surface area contributed by atoms with Crippen LogP contribution in [0.2, 0.25) is 0 Å². The van der Waals surface area contributed by atoms with Crippen LogP contribution in [-0.2, 0) is 14.8 Å². The van der Waals surface area contributed by atoms with E-state index in [4.69, 9.17) is 9.47 Å². The molecule has 1 N–H and O–H groups in total. The number of rotatable bonds is 8. The van der Waals surface area contributed by atoms with Crippen molar-refractivity contribution in [3.05, 3.63) is 77.4 Å². The number of nitrogens with one attached hydrogen (secondary N) is 1. The van der Waals surface area contributed by atoms with Crippen LogP contribution in [0.1, 0.15) is 16.7 Å². The summed E-state index contributed by atoms with van der Waals surface area (Å²) in [5, 5.41) is 2.77. The van der Waals surface area contributed by atoms with Gasteiger partial charge in [-0.05, 0) is 68.3 Å². The molecule has 0 fully saturated rings. The van der Waals surface area contributed by atoms with Gasteiger partial charge in [0.15, 0.2) is 11.5 Å². The van der Waals surface area contributed by atoms with E-state index in [1.54, 1.807) is 24.3 Å². The van der Waals surface area contributed by atoms with Crippen LogP contribution in [-0.4, -0.2) is 35.1 Å². The Kier molecular flexibility index (Phi) is 7.28. The number of amides is 1. The monoisotopic (exact) mass is 468 g/mol. The molecule has 0 bridgehead atoms. The van der Waals surface area contributed by atoms with Crippen molar-refractivity contribution in [2.45, 2.75) is 25.7 Å². The quantitative estimate of drug-likeness (QED) is 0.528. The molecule has 7 nitrogen and oxygen atoms in total. The molecule has 33 heavy (non-hydrogen) atoms. The van der Waals surface area contributed by atoms with E-state index in [1.165, 1.54) is 32.4 Å². The summed E-state index contributed by atoms with van der Waals surface area (Å²) in [6.07, 6.45) is 0. The third kappa shape index (κ3) is 5.64. The van der Waals surface area contributed by atoms with E-state index in [9.17, 15) is 13.2 Å². The minimum atomic E-state index is -4.10. The van der Waals surface area contributed by atoms with E-state index >= 15 is 0 Å². The first-order valence-corrected chi connectivity index (χ1v) is 11.8. The number of benzene rings is 3. The topological polar surface area (TPSA) is 84.9 Å². The second-order valence-corrected chi connectivity index (χ2v) is 9.65. The predicted octanol–water partition coefficient (Wildman–Crippen LogP) is 4.46. The van der Waals surface area contributed by atoms with Gasteiger partial charge in [0.05, 0.1) is 24.8 Å². The van der Waals surface area contributed by atoms with Crippen LogP contribution in [0.5, 0.6) is 11.5 Å². The van der Waals surface area contributed by atoms with Crippen molar-refractivity contribution in [2.24, 2.45) is 0 Å². The van der Waals surface area contributed by atoms with Crippen LogP contribution in [0.3, 0.4) is 0 Å². The van der Waals surface area contributed by atoms with E-state index < -0.39 is 22.5 Å². The Morgan fingerprint density at radius 2 is 1.42 bits per heavy atom. The largest absolute Gasteiger partial charge is 0.493 e. The number of carbonyl (C=O) groups excluding carboxylic acids is 1. The fourth-order valence-corrected chi connectivity index (χ4v) is 4.90. The maximum Gasteiger partial charge on any atom is 0.264 e. The zero-order valence-corrected chi connectivity index (χ0v) is 20.2. The zero-order chi connectivity index (χ0) is 24.2. The molecule has 0 saturated carbocycles. The van der Waals surface area contributed by atoms with Gasteiger partial charge in [-0.25, -0.2) is 8.42 Å². The van der Waals surface area contributed by atoms with Crippen LogP contribution in [0, 0.1) is 20.8 Å². The van der Waals surface area contributed by atoms with Gasteiger partial charge in [-0.3, -0.25) is 9.10 Å². The third-order valence-electron chi connectivity index (χ3n) is 5.06. The SMILES string of the molecule is COc1ccc(S(=O)(=O)N(CC(=O)Nc2ccc(C)cc2)c2cc(C)cc(C)c2)cc1OC. The first kappa shape index (κ1) is 24.1. The number of carbonyl (C=O) groups is 1. The molecule has 8 heteroatoms. The molecular formula is C25H28N2O5S. The van der Waals surface area contributed by atoms with Crippen molar-refractivity contribution in [3.63, 3.8) is 0 Å². The van der Waals surface area contributed by atoms with E-state index in [-0.39, 0.29) is 10.6 Å². The molecule has 3 aromatic rings. The molecule has 0 heterocycles. The van der Waals surface area contributed by atoms with Crippen molar-refractivity contribution in [1.29, 1.82) is 0 Å². The smallest absolute Gasteiger partial charge is 0.264 e. The lowest BCUT2D eigenvalue weighted by molar-refractivity contribution is -0.114. The molecule has 0 unspecified atom stereocenters. The van der Waals surface area contributed by atoms with Gasteiger partial charge in [-0.15, -0.1) is 0 Å². The van der Waals surface area contributed by atoms with Gasteiger partial charge < -0.3 is 14.8 Å². The van der Waals surface area contributed by atoms with Crippen LogP contribution in [0.4, 0.5) is 11.4 Å². The Morgan fingerprint density at radius 1 is 0.818 bits per heavy atom. The van der Waals surface area contributed by atoms with E-state index in [0.717, 1.165) is 21.0 Å². The van der Waals surface area contributed by atoms with E-state index in [0.29, 0.717) is 17.1 Å². The number of methoxy groups -OCH3 is 2. The first-order chi connectivity index (χ1) is 15.6. The van der Waals surface area contributed by atoms with Crippen LogP contribution >= 0.6 is 0 Å². The maximum absolute atomic E-state index is 13.7. The molecule has 0 aliphatic heterocycles. The van der Waals surface area contributed by atoms with Crippen molar-refractivity contribution < 1.29 is 22.7 Å². The second kappa shape index (κ2) is 9.95. The molecule has 0 aromatic heterocycles. The fourth-order valence-electron chi connectivity index (χ4n) is 3.48. The number of hydrogen-bond acceptors (Lipinski definition) is 5. The summed E-state index contributed by atoms with van der Waals surface area (Å²) in [6, 6.07) is 17.1. The van der Waals surface area contributed by atoms with Crippen molar-refractivity contribution in [3.8, 4) is 11.5 Å². The normalized spacial score (nSPS) is 11.1. The highest BCUT2D eigenvalue weighted by Crippen LogP contribution is 2.32. The van der Waals surface area contributed by atoms with Gasteiger partial charge >= 0.3 is 0 Å². The summed E-state index contributed by atoms with van der Waals surface area (Å²) in [7, 11) is -1.19. The number of anilines is 2. The Labute approximate surface area is 195 Å². The Bertz CT molecular complexity index is 1230. The molecule has 0 spiro atoms. The lowest BCUT2D eigenvalue weighted by Crippen LogP contribution is -2.38. The zero-order valence-electron chi connectivity index (χ0n) is 19.4. The molecule has 174 valence electrons. The molecule has 3 rings (SSSR count). The van der Waals surface area contributed by atoms with Gasteiger partial charge in [0, 0.05) is 11.8 Å². The lowest BCUT2D eigenvalue weighted by Gasteiger charge is -2.25. The van der Waals surface area contributed by atoms with Crippen LogP contribution in [0.15, 0.2) is 65.6 Å². The third-order valence-corrected chi connectivity index (χ3v) is 6.83. The molecule has 0 radical (unpaired) electrons. The van der Waals surface area contributed by atoms with Gasteiger partial charge in [0.2, 0.25) is 5.91 Å². The standard InChI is InChI=1S/C25H28N2O5S/c1-17-6-8-20(9-7-17)26-25(28)16-27(21-13-18(2)12-19(3)14-21)33(29,30)22-10-11-23(31-4)24(15-22)32-5/h6-15H,16H2,1-5H3,(H,26,28). The second-order valence-electron chi connectivity index (χ2n) is 7.79. The lowest BCUT2D eigenvalue weighted by atomic mass is 10.1. The minimum absolute atomic E-state index is 0.0116. The minimum Gasteiger partial charge on any atom is -0.493 e. The predicted molar refractivity (Wildman–Crippen MR) is 130 cm³/mol. The van der Waals surface area contributed by atoms with Gasteiger partial charge in [0.1, 0.15) is 6.54 Å². The highest BCUT2D eigenvalue weighted by molar-refractivity contribution is 7.92. The molecule has 3 aromatic carbocycles. The highest BCUT2D eigenvalue weighted by Gasteiger charge is 2.28. The molecule has 0 saturated heterocycles.